The zero-order valence-electron chi connectivity index (χ0n) is 11.1. The molecule has 1 aliphatic rings. The summed E-state index contributed by atoms with van der Waals surface area (Å²) in [6, 6.07) is 5.53. The minimum atomic E-state index is 0. The van der Waals surface area contributed by atoms with E-state index >= 15 is 0 Å². The third-order valence-electron chi connectivity index (χ3n) is 3.37. The van der Waals surface area contributed by atoms with Crippen LogP contribution in [-0.4, -0.2) is 25.5 Å². The molecule has 2 N–H and O–H groups in total. The smallest absolute Gasteiger partial charge is 0.224 e. The number of hydrogen-bond donors (Lipinski definition) is 2. The zero-order valence-corrected chi connectivity index (χ0v) is 13.5. The van der Waals surface area contributed by atoms with E-state index in [1.807, 2.05) is 12.1 Å². The molecule has 0 saturated carbocycles. The summed E-state index contributed by atoms with van der Waals surface area (Å²) in [7, 11) is 0. The lowest BCUT2D eigenvalue weighted by Gasteiger charge is -2.10. The average molecular weight is 338 g/mol. The van der Waals surface area contributed by atoms with Crippen LogP contribution in [0.1, 0.15) is 18.4 Å². The van der Waals surface area contributed by atoms with Gasteiger partial charge in [0.1, 0.15) is 0 Å². The molecule has 3 nitrogen and oxygen atoms in total. The maximum atomic E-state index is 11.8. The molecule has 1 heterocycles. The second-order valence-electron chi connectivity index (χ2n) is 4.82. The fourth-order valence-electron chi connectivity index (χ4n) is 2.24. The fourth-order valence-corrected chi connectivity index (χ4v) is 2.74. The highest BCUT2D eigenvalue weighted by atomic mass is 35.5. The van der Waals surface area contributed by atoms with E-state index in [2.05, 4.69) is 10.6 Å². The van der Waals surface area contributed by atoms with Crippen molar-refractivity contribution in [1.29, 1.82) is 0 Å². The number of aryl methyl sites for hydroxylation is 1. The van der Waals surface area contributed by atoms with E-state index in [0.29, 0.717) is 16.6 Å². The topological polar surface area (TPSA) is 41.1 Å². The maximum Gasteiger partial charge on any atom is 0.224 e. The van der Waals surface area contributed by atoms with Crippen LogP contribution in [-0.2, 0) is 11.2 Å². The van der Waals surface area contributed by atoms with E-state index in [4.69, 9.17) is 23.2 Å². The van der Waals surface area contributed by atoms with Crippen LogP contribution in [0.3, 0.4) is 0 Å². The molecule has 20 heavy (non-hydrogen) atoms. The zero-order chi connectivity index (χ0) is 13.7. The Morgan fingerprint density at radius 1 is 1.40 bits per heavy atom. The third-order valence-corrected chi connectivity index (χ3v) is 3.96. The van der Waals surface area contributed by atoms with E-state index in [9.17, 15) is 4.79 Å². The van der Waals surface area contributed by atoms with Crippen molar-refractivity contribution in [3.8, 4) is 0 Å². The van der Waals surface area contributed by atoms with Crippen LogP contribution in [0.15, 0.2) is 18.2 Å². The van der Waals surface area contributed by atoms with Gasteiger partial charge in [0.05, 0.1) is 5.92 Å². The molecule has 6 heteroatoms. The van der Waals surface area contributed by atoms with E-state index in [1.165, 1.54) is 0 Å². The molecule has 1 amide bonds. The molecule has 0 aromatic heterocycles. The number of nitrogens with one attached hydrogen (secondary N) is 2. The van der Waals surface area contributed by atoms with Crippen LogP contribution in [0, 0.1) is 5.92 Å². The van der Waals surface area contributed by atoms with Crippen molar-refractivity contribution in [3.63, 3.8) is 0 Å². The Morgan fingerprint density at radius 2 is 2.20 bits per heavy atom. The predicted molar refractivity (Wildman–Crippen MR) is 86.0 cm³/mol. The predicted octanol–water partition coefficient (Wildman–Crippen LogP) is 3.07. The third kappa shape index (κ3) is 5.13. The van der Waals surface area contributed by atoms with Crippen LogP contribution < -0.4 is 10.6 Å². The first-order chi connectivity index (χ1) is 9.16. The van der Waals surface area contributed by atoms with E-state index in [-0.39, 0.29) is 24.2 Å². The Kier molecular flexibility index (Phi) is 7.67. The number of carbonyl (C=O) groups excluding carboxylic acids is 1. The first-order valence-corrected chi connectivity index (χ1v) is 7.35. The number of carbonyl (C=O) groups is 1. The Hall–Kier alpha value is -0.480. The summed E-state index contributed by atoms with van der Waals surface area (Å²) in [5.74, 6) is 0.298. The molecular formula is C14H19Cl3N2O. The molecule has 0 spiro atoms. The molecule has 2 rings (SSSR count). The molecule has 1 fully saturated rings. The van der Waals surface area contributed by atoms with Crippen LogP contribution in [0.4, 0.5) is 0 Å². The first-order valence-electron chi connectivity index (χ1n) is 6.59. The van der Waals surface area contributed by atoms with Gasteiger partial charge in [-0.1, -0.05) is 29.3 Å². The lowest BCUT2D eigenvalue weighted by molar-refractivity contribution is -0.124. The summed E-state index contributed by atoms with van der Waals surface area (Å²) in [5.41, 5.74) is 1.07. The molecule has 0 bridgehead atoms. The van der Waals surface area contributed by atoms with Gasteiger partial charge < -0.3 is 10.6 Å². The lowest BCUT2D eigenvalue weighted by Crippen LogP contribution is -2.32. The van der Waals surface area contributed by atoms with Crippen molar-refractivity contribution in [1.82, 2.24) is 10.6 Å². The van der Waals surface area contributed by atoms with Gasteiger partial charge in [-0.25, -0.2) is 0 Å². The standard InChI is InChI=1S/C14H18Cl2N2O.ClH/c15-12-4-3-10(13(16)8-12)2-1-6-18-14(19)11-5-7-17-9-11;/h3-4,8,11,17H,1-2,5-7,9H2,(H,18,19);1H. The summed E-state index contributed by atoms with van der Waals surface area (Å²) in [5, 5.41) is 7.51. The molecule has 1 aromatic carbocycles. The van der Waals surface area contributed by atoms with Gasteiger partial charge in [-0.2, -0.15) is 0 Å². The van der Waals surface area contributed by atoms with Crippen molar-refractivity contribution in [2.24, 2.45) is 5.92 Å². The second-order valence-corrected chi connectivity index (χ2v) is 5.66. The SMILES string of the molecule is Cl.O=C(NCCCc1ccc(Cl)cc1Cl)C1CCNC1. The van der Waals surface area contributed by atoms with Gasteiger partial charge in [0, 0.05) is 23.1 Å². The van der Waals surface area contributed by atoms with Gasteiger partial charge in [0.25, 0.3) is 0 Å². The first kappa shape index (κ1) is 17.6. The highest BCUT2D eigenvalue weighted by Crippen LogP contribution is 2.21. The van der Waals surface area contributed by atoms with E-state index in [0.717, 1.165) is 37.9 Å². The Balaban J connectivity index is 0.00000200. The molecule has 1 aliphatic heterocycles. The molecule has 1 atom stereocenters. The highest BCUT2D eigenvalue weighted by molar-refractivity contribution is 6.35. The number of rotatable bonds is 5. The van der Waals surface area contributed by atoms with Crippen molar-refractivity contribution in [2.75, 3.05) is 19.6 Å². The molecule has 1 aromatic rings. The number of halogens is 3. The molecule has 0 aliphatic carbocycles. The summed E-state index contributed by atoms with van der Waals surface area (Å²) in [6.07, 6.45) is 2.67. The summed E-state index contributed by atoms with van der Waals surface area (Å²) in [6.45, 7) is 2.43. The van der Waals surface area contributed by atoms with Crippen molar-refractivity contribution in [2.45, 2.75) is 19.3 Å². The summed E-state index contributed by atoms with van der Waals surface area (Å²) in [4.78, 5) is 11.8. The van der Waals surface area contributed by atoms with Crippen LogP contribution in [0.5, 0.6) is 0 Å². The van der Waals surface area contributed by atoms with Gasteiger partial charge in [-0.15, -0.1) is 12.4 Å². The highest BCUT2D eigenvalue weighted by Gasteiger charge is 2.21. The van der Waals surface area contributed by atoms with E-state index < -0.39 is 0 Å². The monoisotopic (exact) mass is 336 g/mol. The summed E-state index contributed by atoms with van der Waals surface area (Å²) >= 11 is 11.9. The van der Waals surface area contributed by atoms with Gasteiger partial charge in [-0.3, -0.25) is 4.79 Å². The lowest BCUT2D eigenvalue weighted by atomic mass is 10.1. The minimum Gasteiger partial charge on any atom is -0.356 e. The molecule has 0 radical (unpaired) electrons. The normalized spacial score (nSPS) is 17.6. The van der Waals surface area contributed by atoms with Gasteiger partial charge in [0.15, 0.2) is 0 Å². The minimum absolute atomic E-state index is 0. The van der Waals surface area contributed by atoms with Crippen molar-refractivity contribution in [3.05, 3.63) is 33.8 Å². The van der Waals surface area contributed by atoms with Crippen molar-refractivity contribution >= 4 is 41.5 Å². The van der Waals surface area contributed by atoms with Crippen LogP contribution in [0.2, 0.25) is 10.0 Å². The Labute approximate surface area is 135 Å². The number of amides is 1. The molecule has 1 saturated heterocycles. The van der Waals surface area contributed by atoms with Crippen molar-refractivity contribution < 1.29 is 4.79 Å². The van der Waals surface area contributed by atoms with Crippen LogP contribution >= 0.6 is 35.6 Å². The largest absolute Gasteiger partial charge is 0.356 e. The second kappa shape index (κ2) is 8.73. The van der Waals surface area contributed by atoms with Gasteiger partial charge >= 0.3 is 0 Å². The van der Waals surface area contributed by atoms with Gasteiger partial charge in [0.2, 0.25) is 5.91 Å². The Morgan fingerprint density at radius 3 is 2.85 bits per heavy atom. The number of benzene rings is 1. The van der Waals surface area contributed by atoms with E-state index in [1.54, 1.807) is 6.07 Å². The van der Waals surface area contributed by atoms with Crippen LogP contribution in [0.25, 0.3) is 0 Å². The molecular weight excluding hydrogens is 319 g/mol. The molecule has 112 valence electrons. The van der Waals surface area contributed by atoms with Gasteiger partial charge in [-0.05, 0) is 43.5 Å². The summed E-state index contributed by atoms with van der Waals surface area (Å²) < 4.78 is 0. The fraction of sp³-hybridized carbons (Fsp3) is 0.500. The quantitative estimate of drug-likeness (QED) is 0.811. The maximum absolute atomic E-state index is 11.8. The average Bonchev–Trinajstić information content (AvgIpc) is 2.90. The Bertz CT molecular complexity index is 448. The number of hydrogen-bond acceptors (Lipinski definition) is 2. The molecule has 1 unspecified atom stereocenters.